The van der Waals surface area contributed by atoms with Crippen LogP contribution in [0, 0.1) is 0 Å². The number of amides is 1. The fourth-order valence-corrected chi connectivity index (χ4v) is 4.25. The summed E-state index contributed by atoms with van der Waals surface area (Å²) in [6.07, 6.45) is 6.08. The van der Waals surface area contributed by atoms with Crippen LogP contribution in [-0.2, 0) is 22.9 Å². The zero-order chi connectivity index (χ0) is 15.7. The second kappa shape index (κ2) is 6.01. The molecular weight excluding hydrogens is 300 g/mol. The first kappa shape index (κ1) is 15.5. The highest BCUT2D eigenvalue weighted by Crippen LogP contribution is 2.24. The Bertz CT molecular complexity index is 685. The zero-order valence-corrected chi connectivity index (χ0v) is 13.7. The Morgan fingerprint density at radius 1 is 1.23 bits per heavy atom. The number of fused-ring (bicyclic) bond motifs is 1. The van der Waals surface area contributed by atoms with Gasteiger partial charge in [-0.3, -0.25) is 4.79 Å². The molecule has 1 aromatic rings. The van der Waals surface area contributed by atoms with Crippen molar-refractivity contribution in [3.63, 3.8) is 0 Å². The smallest absolute Gasteiger partial charge is 0.253 e. The Hall–Kier alpha value is -1.40. The maximum absolute atomic E-state index is 12.7. The van der Waals surface area contributed by atoms with Crippen LogP contribution in [-0.4, -0.2) is 44.6 Å². The van der Waals surface area contributed by atoms with Crippen molar-refractivity contribution in [2.45, 2.75) is 38.1 Å². The molecule has 0 aromatic heterocycles. The number of benzene rings is 1. The van der Waals surface area contributed by atoms with Crippen molar-refractivity contribution in [3.8, 4) is 0 Å². The highest BCUT2D eigenvalue weighted by Gasteiger charge is 2.26. The lowest BCUT2D eigenvalue weighted by molar-refractivity contribution is 0.0703. The van der Waals surface area contributed by atoms with Crippen LogP contribution in [0.1, 0.15) is 40.7 Å². The molecular formula is C16H22N2O3S. The van der Waals surface area contributed by atoms with Crippen molar-refractivity contribution in [2.75, 3.05) is 19.3 Å². The minimum atomic E-state index is -3.23. The lowest BCUT2D eigenvalue weighted by atomic mass is 10.0. The second-order valence-electron chi connectivity index (χ2n) is 6.32. The summed E-state index contributed by atoms with van der Waals surface area (Å²) in [4.78, 5) is 14.4. The van der Waals surface area contributed by atoms with Crippen LogP contribution in [0.15, 0.2) is 18.2 Å². The lowest BCUT2D eigenvalue weighted by Gasteiger charge is -2.33. The first-order chi connectivity index (χ1) is 10.4. The minimum Gasteiger partial charge on any atom is -0.337 e. The predicted molar refractivity (Wildman–Crippen MR) is 85.4 cm³/mol. The molecule has 22 heavy (non-hydrogen) atoms. The van der Waals surface area contributed by atoms with Crippen molar-refractivity contribution >= 4 is 15.9 Å². The summed E-state index contributed by atoms with van der Waals surface area (Å²) in [5.74, 6) is 0.00898. The number of hydrogen-bond donors (Lipinski definition) is 1. The molecule has 0 saturated carbocycles. The van der Waals surface area contributed by atoms with Gasteiger partial charge in [-0.2, -0.15) is 0 Å². The molecule has 0 spiro atoms. The number of hydrogen-bond acceptors (Lipinski definition) is 3. The molecule has 0 bridgehead atoms. The van der Waals surface area contributed by atoms with E-state index in [1.165, 1.54) is 11.1 Å². The van der Waals surface area contributed by atoms with Gasteiger partial charge >= 0.3 is 0 Å². The van der Waals surface area contributed by atoms with E-state index in [1.807, 2.05) is 12.1 Å². The number of aryl methyl sites for hydroxylation is 2. The molecule has 1 amide bonds. The van der Waals surface area contributed by atoms with Crippen LogP contribution in [0.5, 0.6) is 0 Å². The van der Waals surface area contributed by atoms with Crippen molar-refractivity contribution < 1.29 is 13.2 Å². The van der Waals surface area contributed by atoms with E-state index in [4.69, 9.17) is 0 Å². The molecule has 1 aliphatic heterocycles. The fraction of sp³-hybridized carbons (Fsp3) is 0.562. The molecule has 0 radical (unpaired) electrons. The van der Waals surface area contributed by atoms with Gasteiger partial charge in [0.05, 0.1) is 6.26 Å². The van der Waals surface area contributed by atoms with E-state index in [1.54, 1.807) is 4.90 Å². The van der Waals surface area contributed by atoms with Crippen LogP contribution in [0.25, 0.3) is 0 Å². The normalized spacial score (nSPS) is 21.7. The summed E-state index contributed by atoms with van der Waals surface area (Å²) in [7, 11) is -3.23. The van der Waals surface area contributed by atoms with Crippen molar-refractivity contribution in [1.82, 2.24) is 9.62 Å². The van der Waals surface area contributed by atoms with E-state index in [9.17, 15) is 13.2 Å². The summed E-state index contributed by atoms with van der Waals surface area (Å²) in [5, 5.41) is 0. The van der Waals surface area contributed by atoms with Gasteiger partial charge in [-0.15, -0.1) is 0 Å². The molecule has 1 heterocycles. The highest BCUT2D eigenvalue weighted by atomic mass is 32.2. The number of nitrogens with one attached hydrogen (secondary N) is 1. The minimum absolute atomic E-state index is 0.00898. The van der Waals surface area contributed by atoms with Crippen molar-refractivity contribution in [3.05, 3.63) is 34.9 Å². The van der Waals surface area contributed by atoms with Gasteiger partial charge in [0.15, 0.2) is 0 Å². The van der Waals surface area contributed by atoms with Gasteiger partial charge in [0.25, 0.3) is 5.91 Å². The average Bonchev–Trinajstić information content (AvgIpc) is 2.92. The molecule has 3 rings (SSSR count). The Kier molecular flexibility index (Phi) is 4.23. The quantitative estimate of drug-likeness (QED) is 0.913. The van der Waals surface area contributed by atoms with E-state index in [0.717, 1.165) is 43.9 Å². The fourth-order valence-electron chi connectivity index (χ4n) is 3.45. The van der Waals surface area contributed by atoms with Gasteiger partial charge in [-0.05, 0) is 55.4 Å². The van der Waals surface area contributed by atoms with Crippen LogP contribution in [0.3, 0.4) is 0 Å². The standard InChI is InChI=1S/C16H22N2O3S/c1-22(20,21)17-15-6-3-9-18(11-15)16(19)14-8-7-12-4-2-5-13(12)10-14/h7-8,10,15,17H,2-6,9,11H2,1H3/t15-/m1/s1. The van der Waals surface area contributed by atoms with Gasteiger partial charge in [0.1, 0.15) is 0 Å². The first-order valence-corrected chi connectivity index (χ1v) is 9.70. The lowest BCUT2D eigenvalue weighted by Crippen LogP contribution is -2.49. The SMILES string of the molecule is CS(=O)(=O)N[C@@H]1CCCN(C(=O)c2ccc3c(c2)CCC3)C1. The van der Waals surface area contributed by atoms with Crippen molar-refractivity contribution in [1.29, 1.82) is 0 Å². The molecule has 2 aliphatic rings. The topological polar surface area (TPSA) is 66.5 Å². The molecule has 1 N–H and O–H groups in total. The van der Waals surface area contributed by atoms with Gasteiger partial charge in [0, 0.05) is 24.7 Å². The Labute approximate surface area is 131 Å². The summed E-state index contributed by atoms with van der Waals surface area (Å²) < 4.78 is 25.3. The third-order valence-corrected chi connectivity index (χ3v) is 5.20. The van der Waals surface area contributed by atoms with Crippen LogP contribution in [0.2, 0.25) is 0 Å². The number of likely N-dealkylation sites (tertiary alicyclic amines) is 1. The monoisotopic (exact) mass is 322 g/mol. The van der Waals surface area contributed by atoms with E-state index < -0.39 is 10.0 Å². The number of piperidine rings is 1. The molecule has 1 atom stereocenters. The molecule has 1 aromatic carbocycles. The van der Waals surface area contributed by atoms with E-state index >= 15 is 0 Å². The number of sulfonamides is 1. The number of carbonyl (C=O) groups is 1. The molecule has 0 unspecified atom stereocenters. The van der Waals surface area contributed by atoms with E-state index in [2.05, 4.69) is 10.8 Å². The van der Waals surface area contributed by atoms with Gasteiger partial charge in [-0.25, -0.2) is 13.1 Å². The highest BCUT2D eigenvalue weighted by molar-refractivity contribution is 7.88. The molecule has 120 valence electrons. The van der Waals surface area contributed by atoms with Gasteiger partial charge in [-0.1, -0.05) is 6.07 Å². The first-order valence-electron chi connectivity index (χ1n) is 7.81. The third kappa shape index (κ3) is 3.50. The predicted octanol–water partition coefficient (Wildman–Crippen LogP) is 1.33. The Morgan fingerprint density at radius 3 is 2.77 bits per heavy atom. The second-order valence-corrected chi connectivity index (χ2v) is 8.10. The van der Waals surface area contributed by atoms with Crippen LogP contribution < -0.4 is 4.72 Å². The molecule has 1 saturated heterocycles. The average molecular weight is 322 g/mol. The maximum atomic E-state index is 12.7. The summed E-state index contributed by atoms with van der Waals surface area (Å²) >= 11 is 0. The molecule has 5 nitrogen and oxygen atoms in total. The molecule has 6 heteroatoms. The maximum Gasteiger partial charge on any atom is 0.253 e. The number of carbonyl (C=O) groups excluding carboxylic acids is 1. The number of nitrogens with zero attached hydrogens (tertiary/aromatic N) is 1. The largest absolute Gasteiger partial charge is 0.337 e. The molecule has 1 fully saturated rings. The van der Waals surface area contributed by atoms with Crippen LogP contribution >= 0.6 is 0 Å². The number of rotatable bonds is 3. The van der Waals surface area contributed by atoms with Gasteiger partial charge < -0.3 is 4.90 Å². The van der Waals surface area contributed by atoms with Gasteiger partial charge in [0.2, 0.25) is 10.0 Å². The third-order valence-electron chi connectivity index (χ3n) is 4.43. The van der Waals surface area contributed by atoms with E-state index in [0.29, 0.717) is 13.1 Å². The summed E-state index contributed by atoms with van der Waals surface area (Å²) in [6, 6.07) is 5.80. The summed E-state index contributed by atoms with van der Waals surface area (Å²) in [5.41, 5.74) is 3.36. The summed E-state index contributed by atoms with van der Waals surface area (Å²) in [6.45, 7) is 1.14. The Morgan fingerprint density at radius 2 is 2.00 bits per heavy atom. The molecule has 1 aliphatic carbocycles. The van der Waals surface area contributed by atoms with Crippen molar-refractivity contribution in [2.24, 2.45) is 0 Å². The van der Waals surface area contributed by atoms with E-state index in [-0.39, 0.29) is 11.9 Å². The van der Waals surface area contributed by atoms with Crippen LogP contribution in [0.4, 0.5) is 0 Å². The Balaban J connectivity index is 1.71. The zero-order valence-electron chi connectivity index (χ0n) is 12.8.